The molecule has 0 aliphatic rings. The van der Waals surface area contributed by atoms with Crippen molar-refractivity contribution in [3.63, 3.8) is 0 Å². The summed E-state index contributed by atoms with van der Waals surface area (Å²) in [6.07, 6.45) is 2.02. The fraction of sp³-hybridized carbons (Fsp3) is 0.467. The molecule has 1 atom stereocenters. The fourth-order valence-electron chi connectivity index (χ4n) is 1.86. The van der Waals surface area contributed by atoms with Crippen molar-refractivity contribution in [1.29, 1.82) is 0 Å². The average Bonchev–Trinajstić information content (AvgIpc) is 2.36. The Balaban J connectivity index is 2.34. The summed E-state index contributed by atoms with van der Waals surface area (Å²) in [5.74, 6) is -1.00. The molecule has 0 spiro atoms. The molecule has 1 unspecified atom stereocenters. The van der Waals surface area contributed by atoms with E-state index in [1.165, 1.54) is 5.56 Å². The molecule has 0 saturated carbocycles. The van der Waals surface area contributed by atoms with Gasteiger partial charge in [-0.2, -0.15) is 0 Å². The van der Waals surface area contributed by atoms with E-state index in [9.17, 15) is 9.59 Å². The quantitative estimate of drug-likeness (QED) is 0.792. The van der Waals surface area contributed by atoms with E-state index in [0.717, 1.165) is 12.0 Å². The van der Waals surface area contributed by atoms with Gasteiger partial charge in [-0.1, -0.05) is 31.2 Å². The highest BCUT2D eigenvalue weighted by molar-refractivity contribution is 5.77. The van der Waals surface area contributed by atoms with Crippen LogP contribution >= 0.6 is 0 Å². The molecule has 0 fully saturated rings. The molecule has 1 amide bonds. The van der Waals surface area contributed by atoms with Crippen molar-refractivity contribution in [1.82, 2.24) is 5.32 Å². The lowest BCUT2D eigenvalue weighted by Gasteiger charge is -2.11. The highest BCUT2D eigenvalue weighted by Crippen LogP contribution is 2.07. The largest absolute Gasteiger partial charge is 0.481 e. The lowest BCUT2D eigenvalue weighted by atomic mass is 10.1. The van der Waals surface area contributed by atoms with Gasteiger partial charge >= 0.3 is 5.97 Å². The van der Waals surface area contributed by atoms with Gasteiger partial charge in [0.25, 0.3) is 0 Å². The van der Waals surface area contributed by atoms with E-state index in [2.05, 4.69) is 24.4 Å². The average molecular weight is 263 g/mol. The number of carboxylic acid groups (broad SMARTS) is 1. The molecule has 0 heterocycles. The van der Waals surface area contributed by atoms with Crippen LogP contribution in [0.2, 0.25) is 0 Å². The van der Waals surface area contributed by atoms with E-state index in [-0.39, 0.29) is 18.4 Å². The normalized spacial score (nSPS) is 11.9. The summed E-state index contributed by atoms with van der Waals surface area (Å²) in [6, 6.07) is 7.88. The lowest BCUT2D eigenvalue weighted by molar-refractivity contribution is -0.137. The monoisotopic (exact) mass is 263 g/mol. The first-order valence-corrected chi connectivity index (χ1v) is 6.60. The number of carboxylic acids is 1. The number of amides is 1. The zero-order valence-corrected chi connectivity index (χ0v) is 11.5. The van der Waals surface area contributed by atoms with E-state index >= 15 is 0 Å². The van der Waals surface area contributed by atoms with E-state index in [4.69, 9.17) is 5.11 Å². The first-order valence-electron chi connectivity index (χ1n) is 6.60. The van der Waals surface area contributed by atoms with Crippen LogP contribution in [0.1, 0.15) is 37.8 Å². The molecular formula is C15H21NO3. The second-order valence-corrected chi connectivity index (χ2v) is 4.74. The maximum Gasteiger partial charge on any atom is 0.305 e. The molecule has 0 aliphatic heterocycles. The van der Waals surface area contributed by atoms with Gasteiger partial charge in [-0.15, -0.1) is 0 Å². The molecule has 1 aromatic rings. The number of carbonyl (C=O) groups is 2. The van der Waals surface area contributed by atoms with Crippen molar-refractivity contribution in [3.8, 4) is 0 Å². The highest BCUT2D eigenvalue weighted by atomic mass is 16.4. The van der Waals surface area contributed by atoms with Crippen LogP contribution in [0.4, 0.5) is 0 Å². The highest BCUT2D eigenvalue weighted by Gasteiger charge is 2.10. The number of rotatable bonds is 7. The van der Waals surface area contributed by atoms with E-state index < -0.39 is 5.97 Å². The molecule has 2 N–H and O–H groups in total. The Kier molecular flexibility index (Phi) is 6.06. The molecule has 4 heteroatoms. The van der Waals surface area contributed by atoms with Crippen molar-refractivity contribution < 1.29 is 14.7 Å². The number of carbonyl (C=O) groups excluding carboxylic acids is 1. The summed E-state index contributed by atoms with van der Waals surface area (Å²) >= 11 is 0. The van der Waals surface area contributed by atoms with Crippen LogP contribution in [0.5, 0.6) is 0 Å². The van der Waals surface area contributed by atoms with Gasteiger partial charge < -0.3 is 10.4 Å². The zero-order chi connectivity index (χ0) is 14.3. The second kappa shape index (κ2) is 7.56. The van der Waals surface area contributed by atoms with Gasteiger partial charge in [0.15, 0.2) is 0 Å². The van der Waals surface area contributed by atoms with Crippen molar-refractivity contribution >= 4 is 11.9 Å². The van der Waals surface area contributed by atoms with Gasteiger partial charge in [0.1, 0.15) is 0 Å². The summed E-state index contributed by atoms with van der Waals surface area (Å²) in [5.41, 5.74) is 2.40. The Hall–Kier alpha value is -1.84. The van der Waals surface area contributed by atoms with Crippen LogP contribution < -0.4 is 5.32 Å². The smallest absolute Gasteiger partial charge is 0.305 e. The molecule has 1 aromatic carbocycles. The predicted molar refractivity (Wildman–Crippen MR) is 74.0 cm³/mol. The summed E-state index contributed by atoms with van der Waals surface area (Å²) in [4.78, 5) is 22.1. The van der Waals surface area contributed by atoms with E-state index in [1.54, 1.807) is 6.92 Å². The Morgan fingerprint density at radius 2 is 1.79 bits per heavy atom. The Morgan fingerprint density at radius 3 is 2.32 bits per heavy atom. The number of benzene rings is 1. The number of nitrogens with one attached hydrogen (secondary N) is 1. The first-order chi connectivity index (χ1) is 9.01. The number of hydrogen-bond acceptors (Lipinski definition) is 2. The van der Waals surface area contributed by atoms with Crippen LogP contribution in [-0.2, 0) is 22.4 Å². The standard InChI is InChI=1S/C15H21NO3/c1-3-12-4-6-13(7-5-12)8-9-14(17)16-11(2)10-15(18)19/h4-7,11H,3,8-10H2,1-2H3,(H,16,17)(H,18,19). The van der Waals surface area contributed by atoms with Gasteiger partial charge in [-0.3, -0.25) is 9.59 Å². The molecule has 0 bridgehead atoms. The molecule has 0 aromatic heterocycles. The third-order valence-electron chi connectivity index (χ3n) is 2.96. The van der Waals surface area contributed by atoms with Crippen molar-refractivity contribution in [2.45, 2.75) is 45.6 Å². The number of aliphatic carboxylic acids is 1. The maximum atomic E-state index is 11.6. The van der Waals surface area contributed by atoms with Crippen LogP contribution in [0, 0.1) is 0 Å². The number of aryl methyl sites for hydroxylation is 2. The van der Waals surface area contributed by atoms with Crippen LogP contribution in [0.15, 0.2) is 24.3 Å². The van der Waals surface area contributed by atoms with Crippen LogP contribution in [-0.4, -0.2) is 23.0 Å². The lowest BCUT2D eigenvalue weighted by Crippen LogP contribution is -2.34. The van der Waals surface area contributed by atoms with Crippen LogP contribution in [0.3, 0.4) is 0 Å². The molecule has 104 valence electrons. The van der Waals surface area contributed by atoms with Gasteiger partial charge in [0.05, 0.1) is 6.42 Å². The van der Waals surface area contributed by atoms with Crippen molar-refractivity contribution in [2.75, 3.05) is 0 Å². The molecular weight excluding hydrogens is 242 g/mol. The zero-order valence-electron chi connectivity index (χ0n) is 11.5. The summed E-state index contributed by atoms with van der Waals surface area (Å²) in [6.45, 7) is 3.80. The molecule has 0 saturated heterocycles. The molecule has 1 rings (SSSR count). The minimum atomic E-state index is -0.900. The van der Waals surface area contributed by atoms with Gasteiger partial charge in [0.2, 0.25) is 5.91 Å². The Bertz CT molecular complexity index is 426. The van der Waals surface area contributed by atoms with Gasteiger partial charge in [0, 0.05) is 12.5 Å². The minimum Gasteiger partial charge on any atom is -0.481 e. The maximum absolute atomic E-state index is 11.6. The first kappa shape index (κ1) is 15.2. The Morgan fingerprint density at radius 1 is 1.21 bits per heavy atom. The summed E-state index contributed by atoms with van der Waals surface area (Å²) in [5, 5.41) is 11.3. The van der Waals surface area contributed by atoms with Gasteiger partial charge in [-0.05, 0) is 30.9 Å². The second-order valence-electron chi connectivity index (χ2n) is 4.74. The number of hydrogen-bond donors (Lipinski definition) is 2. The molecule has 4 nitrogen and oxygen atoms in total. The summed E-state index contributed by atoms with van der Waals surface area (Å²) < 4.78 is 0. The molecule has 0 radical (unpaired) electrons. The molecule has 19 heavy (non-hydrogen) atoms. The topological polar surface area (TPSA) is 66.4 Å². The fourth-order valence-corrected chi connectivity index (χ4v) is 1.86. The van der Waals surface area contributed by atoms with Crippen molar-refractivity contribution in [3.05, 3.63) is 35.4 Å². The van der Waals surface area contributed by atoms with Gasteiger partial charge in [-0.25, -0.2) is 0 Å². The van der Waals surface area contributed by atoms with Crippen molar-refractivity contribution in [2.24, 2.45) is 0 Å². The molecule has 0 aliphatic carbocycles. The SMILES string of the molecule is CCc1ccc(CCC(=O)NC(C)CC(=O)O)cc1. The van der Waals surface area contributed by atoms with E-state index in [1.807, 2.05) is 12.1 Å². The Labute approximate surface area is 113 Å². The predicted octanol–water partition coefficient (Wildman–Crippen LogP) is 2.16. The van der Waals surface area contributed by atoms with Crippen LogP contribution in [0.25, 0.3) is 0 Å². The third kappa shape index (κ3) is 6.04. The summed E-state index contributed by atoms with van der Waals surface area (Å²) in [7, 11) is 0. The third-order valence-corrected chi connectivity index (χ3v) is 2.96. The van der Waals surface area contributed by atoms with E-state index in [0.29, 0.717) is 12.8 Å². The minimum absolute atomic E-state index is 0.0447.